The van der Waals surface area contributed by atoms with Crippen LogP contribution in [0.1, 0.15) is 44.2 Å². The third kappa shape index (κ3) is 4.73. The van der Waals surface area contributed by atoms with Gasteiger partial charge in [0.2, 0.25) is 0 Å². The molecule has 5 heteroatoms. The Kier molecular flexibility index (Phi) is 5.64. The molecule has 1 aromatic rings. The van der Waals surface area contributed by atoms with Crippen molar-refractivity contribution in [3.05, 3.63) is 35.4 Å². The van der Waals surface area contributed by atoms with Crippen molar-refractivity contribution in [1.29, 1.82) is 0 Å². The van der Waals surface area contributed by atoms with Gasteiger partial charge in [-0.25, -0.2) is 4.79 Å². The molecule has 1 aromatic carbocycles. The molecule has 2 atom stereocenters. The summed E-state index contributed by atoms with van der Waals surface area (Å²) in [6.45, 7) is 7.61. The minimum Gasteiger partial charge on any atom is -0.393 e. The Morgan fingerprint density at radius 3 is 2.72 bits per heavy atom. The van der Waals surface area contributed by atoms with Gasteiger partial charge < -0.3 is 15.7 Å². The maximum Gasteiger partial charge on any atom is 0.314 e. The molecule has 0 unspecified atom stereocenters. The van der Waals surface area contributed by atoms with Crippen molar-refractivity contribution >= 4 is 6.03 Å². The largest absolute Gasteiger partial charge is 0.393 e. The molecule has 0 saturated heterocycles. The number of nitrogens with one attached hydrogen (secondary N) is 2. The van der Waals surface area contributed by atoms with Gasteiger partial charge in [-0.3, -0.25) is 4.90 Å². The third-order valence-electron chi connectivity index (χ3n) is 5.73. The summed E-state index contributed by atoms with van der Waals surface area (Å²) in [6, 6.07) is 8.52. The summed E-state index contributed by atoms with van der Waals surface area (Å²) in [5, 5.41) is 15.5. The van der Waals surface area contributed by atoms with E-state index in [0.717, 1.165) is 38.8 Å². The Bertz CT molecular complexity index is 602. The standard InChI is InChI=1S/C20H31N3O2/c1-20(2,23-10-9-16-5-3-4-6-17(16)13-23)14-22-19(25)21-12-15-7-8-18(24)11-15/h3-6,15,18,24H,7-14H2,1-2H3,(H2,21,22,25)/t15-,18-/m0/s1. The quantitative estimate of drug-likeness (QED) is 0.767. The normalized spacial score (nSPS) is 24.0. The first-order valence-corrected chi connectivity index (χ1v) is 9.45. The first-order valence-electron chi connectivity index (χ1n) is 9.45. The van der Waals surface area contributed by atoms with Gasteiger partial charge in [0.25, 0.3) is 0 Å². The van der Waals surface area contributed by atoms with E-state index in [-0.39, 0.29) is 17.7 Å². The average molecular weight is 345 g/mol. The van der Waals surface area contributed by atoms with Crippen LogP contribution >= 0.6 is 0 Å². The number of aliphatic hydroxyl groups excluding tert-OH is 1. The molecule has 138 valence electrons. The van der Waals surface area contributed by atoms with E-state index in [1.807, 2.05) is 0 Å². The van der Waals surface area contributed by atoms with Crippen molar-refractivity contribution in [2.24, 2.45) is 5.92 Å². The fourth-order valence-corrected chi connectivity index (χ4v) is 3.95. The lowest BCUT2D eigenvalue weighted by Crippen LogP contribution is -2.54. The lowest BCUT2D eigenvalue weighted by molar-refractivity contribution is 0.104. The van der Waals surface area contributed by atoms with Gasteiger partial charge in [-0.1, -0.05) is 24.3 Å². The summed E-state index contributed by atoms with van der Waals surface area (Å²) in [5.41, 5.74) is 2.75. The van der Waals surface area contributed by atoms with Crippen LogP contribution in [0.2, 0.25) is 0 Å². The Balaban J connectivity index is 1.44. The summed E-state index contributed by atoms with van der Waals surface area (Å²) in [6.07, 6.45) is 3.54. The van der Waals surface area contributed by atoms with Crippen LogP contribution in [-0.4, -0.2) is 47.3 Å². The maximum absolute atomic E-state index is 12.1. The van der Waals surface area contributed by atoms with Crippen molar-refractivity contribution in [2.75, 3.05) is 19.6 Å². The Hall–Kier alpha value is -1.59. The molecule has 2 aliphatic rings. The molecule has 25 heavy (non-hydrogen) atoms. The van der Waals surface area contributed by atoms with Crippen molar-refractivity contribution in [3.8, 4) is 0 Å². The highest BCUT2D eigenvalue weighted by Gasteiger charge is 2.30. The number of urea groups is 1. The molecule has 1 aliphatic carbocycles. The highest BCUT2D eigenvalue weighted by Crippen LogP contribution is 2.25. The van der Waals surface area contributed by atoms with Crippen molar-refractivity contribution in [2.45, 2.75) is 57.7 Å². The fourth-order valence-electron chi connectivity index (χ4n) is 3.95. The van der Waals surface area contributed by atoms with Crippen LogP contribution in [0.15, 0.2) is 24.3 Å². The summed E-state index contributed by atoms with van der Waals surface area (Å²) < 4.78 is 0. The monoisotopic (exact) mass is 345 g/mol. The second-order valence-corrected chi connectivity index (χ2v) is 8.15. The van der Waals surface area contributed by atoms with Gasteiger partial charge in [-0.05, 0) is 56.6 Å². The molecule has 0 radical (unpaired) electrons. The van der Waals surface area contributed by atoms with Gasteiger partial charge in [-0.2, -0.15) is 0 Å². The molecule has 1 fully saturated rings. The van der Waals surface area contributed by atoms with Crippen LogP contribution in [0.5, 0.6) is 0 Å². The molecule has 0 spiro atoms. The molecule has 3 rings (SSSR count). The van der Waals surface area contributed by atoms with Crippen molar-refractivity contribution in [1.82, 2.24) is 15.5 Å². The minimum atomic E-state index is -0.184. The van der Waals surface area contributed by atoms with Gasteiger partial charge in [-0.15, -0.1) is 0 Å². The fraction of sp³-hybridized carbons (Fsp3) is 0.650. The molecule has 5 nitrogen and oxygen atoms in total. The molecule has 2 amide bonds. The number of amides is 2. The number of carbonyl (C=O) groups is 1. The van der Waals surface area contributed by atoms with E-state index in [4.69, 9.17) is 0 Å². The van der Waals surface area contributed by atoms with Gasteiger partial charge >= 0.3 is 6.03 Å². The molecule has 0 aromatic heterocycles. The highest BCUT2D eigenvalue weighted by atomic mass is 16.3. The lowest BCUT2D eigenvalue weighted by Gasteiger charge is -2.41. The first-order chi connectivity index (χ1) is 11.9. The topological polar surface area (TPSA) is 64.6 Å². The van der Waals surface area contributed by atoms with Crippen LogP contribution in [0.3, 0.4) is 0 Å². The molecule has 3 N–H and O–H groups in total. The molecule has 1 saturated carbocycles. The second-order valence-electron chi connectivity index (χ2n) is 8.15. The van der Waals surface area contributed by atoms with Crippen LogP contribution in [0.4, 0.5) is 4.79 Å². The number of fused-ring (bicyclic) bond motifs is 1. The zero-order valence-corrected chi connectivity index (χ0v) is 15.4. The number of aliphatic hydroxyl groups is 1. The predicted molar refractivity (Wildman–Crippen MR) is 99.4 cm³/mol. The Morgan fingerprint density at radius 1 is 1.24 bits per heavy atom. The minimum absolute atomic E-state index is 0.0889. The number of nitrogens with zero attached hydrogens (tertiary/aromatic N) is 1. The second kappa shape index (κ2) is 7.75. The van der Waals surface area contributed by atoms with Crippen molar-refractivity contribution < 1.29 is 9.90 Å². The number of hydrogen-bond acceptors (Lipinski definition) is 3. The number of hydrogen-bond donors (Lipinski definition) is 3. The summed E-state index contributed by atoms with van der Waals surface area (Å²) in [4.78, 5) is 14.6. The average Bonchev–Trinajstić information content (AvgIpc) is 3.03. The van der Waals surface area contributed by atoms with E-state index in [9.17, 15) is 9.90 Å². The van der Waals surface area contributed by atoms with Crippen LogP contribution in [0, 0.1) is 5.92 Å². The number of rotatable bonds is 5. The summed E-state index contributed by atoms with van der Waals surface area (Å²) in [5.74, 6) is 0.410. The van der Waals surface area contributed by atoms with Crippen LogP contribution in [-0.2, 0) is 13.0 Å². The molecule has 1 heterocycles. The van der Waals surface area contributed by atoms with E-state index in [0.29, 0.717) is 19.0 Å². The van der Waals surface area contributed by atoms with Crippen LogP contribution < -0.4 is 10.6 Å². The summed E-state index contributed by atoms with van der Waals surface area (Å²) in [7, 11) is 0. The molecule has 1 aliphatic heterocycles. The number of benzene rings is 1. The molecular formula is C20H31N3O2. The molecule has 0 bridgehead atoms. The first kappa shape index (κ1) is 18.2. The van der Waals surface area contributed by atoms with Gasteiger partial charge in [0.15, 0.2) is 0 Å². The smallest absolute Gasteiger partial charge is 0.314 e. The molecular weight excluding hydrogens is 314 g/mol. The summed E-state index contributed by atoms with van der Waals surface area (Å²) >= 11 is 0. The van der Waals surface area contributed by atoms with Crippen molar-refractivity contribution in [3.63, 3.8) is 0 Å². The zero-order valence-electron chi connectivity index (χ0n) is 15.4. The van der Waals surface area contributed by atoms with Gasteiger partial charge in [0.1, 0.15) is 0 Å². The van der Waals surface area contributed by atoms with E-state index >= 15 is 0 Å². The Labute approximate surface area is 150 Å². The van der Waals surface area contributed by atoms with Crippen LogP contribution in [0.25, 0.3) is 0 Å². The van der Waals surface area contributed by atoms with Gasteiger partial charge in [0, 0.05) is 31.7 Å². The van der Waals surface area contributed by atoms with E-state index in [1.54, 1.807) is 0 Å². The van der Waals surface area contributed by atoms with Gasteiger partial charge in [0.05, 0.1) is 6.10 Å². The predicted octanol–water partition coefficient (Wildman–Crippen LogP) is 2.28. The maximum atomic E-state index is 12.1. The lowest BCUT2D eigenvalue weighted by atomic mass is 9.94. The van der Waals surface area contributed by atoms with E-state index in [2.05, 4.69) is 53.6 Å². The van der Waals surface area contributed by atoms with E-state index in [1.165, 1.54) is 11.1 Å². The SMILES string of the molecule is CC(C)(CNC(=O)NC[C@H]1CC[C@H](O)C1)N1CCc2ccccc2C1. The zero-order chi connectivity index (χ0) is 17.9. The Morgan fingerprint density at radius 2 is 2.00 bits per heavy atom. The third-order valence-corrected chi connectivity index (χ3v) is 5.73. The highest BCUT2D eigenvalue weighted by molar-refractivity contribution is 5.73. The number of carbonyl (C=O) groups excluding carboxylic acids is 1. The van der Waals surface area contributed by atoms with E-state index < -0.39 is 0 Å².